The Hall–Kier alpha value is -2.28. The molecule has 0 aliphatic carbocycles. The van der Waals surface area contributed by atoms with Gasteiger partial charge in [0, 0.05) is 31.2 Å². The Kier molecular flexibility index (Phi) is 8.63. The molecular formula is C20H22Cl2N4O6S. The maximum Gasteiger partial charge on any atom is 0.324 e. The number of methoxy groups -OCH3 is 1. The van der Waals surface area contributed by atoms with Gasteiger partial charge in [-0.2, -0.15) is 17.4 Å². The molecule has 0 bridgehead atoms. The standard InChI is InChI=1S/C20H22Cl2N4O6S/c1-31-20(28)17(25-33(29,30)26-6-8-32-9-7-26)10-13-2-4-14(5-3-13)24-19(27)18-15(21)11-23-12-16(18)22/h2-5,11-12,17,25H,6-10H2,1H3,(H,24,27)/t17-/m0/s1. The summed E-state index contributed by atoms with van der Waals surface area (Å²) in [6, 6.07) is 5.41. The van der Waals surface area contributed by atoms with E-state index in [4.69, 9.17) is 32.7 Å². The second-order valence-corrected chi connectivity index (χ2v) is 9.56. The Bertz CT molecular complexity index is 1090. The van der Waals surface area contributed by atoms with Gasteiger partial charge in [-0.1, -0.05) is 35.3 Å². The van der Waals surface area contributed by atoms with E-state index in [-0.39, 0.29) is 48.3 Å². The number of hydrogen-bond donors (Lipinski definition) is 2. The Labute approximate surface area is 201 Å². The number of nitrogens with zero attached hydrogens (tertiary/aromatic N) is 2. The lowest BCUT2D eigenvalue weighted by molar-refractivity contribution is -0.142. The van der Waals surface area contributed by atoms with Crippen LogP contribution in [-0.2, 0) is 30.9 Å². The molecule has 2 N–H and O–H groups in total. The Morgan fingerprint density at radius 1 is 1.15 bits per heavy atom. The lowest BCUT2D eigenvalue weighted by Gasteiger charge is -2.28. The maximum atomic E-state index is 12.6. The van der Waals surface area contributed by atoms with Crippen molar-refractivity contribution in [2.24, 2.45) is 0 Å². The van der Waals surface area contributed by atoms with Crippen molar-refractivity contribution < 1.29 is 27.5 Å². The van der Waals surface area contributed by atoms with Gasteiger partial charge in [0.1, 0.15) is 6.04 Å². The molecule has 0 unspecified atom stereocenters. The predicted octanol–water partition coefficient (Wildman–Crippen LogP) is 1.89. The van der Waals surface area contributed by atoms with Crippen LogP contribution in [0.2, 0.25) is 10.0 Å². The minimum atomic E-state index is -3.91. The molecule has 13 heteroatoms. The number of benzene rings is 1. The number of ether oxygens (including phenoxy) is 2. The van der Waals surface area contributed by atoms with Crippen LogP contribution in [0.5, 0.6) is 0 Å². The molecule has 10 nitrogen and oxygen atoms in total. The fourth-order valence-corrected chi connectivity index (χ4v) is 4.99. The molecule has 2 heterocycles. The molecule has 3 rings (SSSR count). The predicted molar refractivity (Wildman–Crippen MR) is 123 cm³/mol. The summed E-state index contributed by atoms with van der Waals surface area (Å²) in [5, 5.41) is 2.91. The number of morpholine rings is 1. The number of carbonyl (C=O) groups excluding carboxylic acids is 2. The fraction of sp³-hybridized carbons (Fsp3) is 0.350. The molecule has 0 spiro atoms. The second kappa shape index (κ2) is 11.2. The first-order valence-corrected chi connectivity index (χ1v) is 12.0. The number of carbonyl (C=O) groups is 2. The van der Waals surface area contributed by atoms with Crippen LogP contribution < -0.4 is 10.0 Å². The second-order valence-electron chi connectivity index (χ2n) is 7.04. The van der Waals surface area contributed by atoms with E-state index < -0.39 is 28.1 Å². The van der Waals surface area contributed by atoms with Crippen molar-refractivity contribution in [1.82, 2.24) is 14.0 Å². The van der Waals surface area contributed by atoms with Crippen LogP contribution in [-0.4, -0.2) is 69.0 Å². The van der Waals surface area contributed by atoms with Gasteiger partial charge in [-0.25, -0.2) is 0 Å². The lowest BCUT2D eigenvalue weighted by Crippen LogP contribution is -2.52. The number of amides is 1. The average Bonchev–Trinajstić information content (AvgIpc) is 2.79. The highest BCUT2D eigenvalue weighted by Gasteiger charge is 2.31. The Morgan fingerprint density at radius 3 is 2.33 bits per heavy atom. The summed E-state index contributed by atoms with van der Waals surface area (Å²) >= 11 is 12.0. The number of pyridine rings is 1. The zero-order valence-electron chi connectivity index (χ0n) is 17.6. The van der Waals surface area contributed by atoms with Gasteiger partial charge in [0.05, 0.1) is 35.9 Å². The van der Waals surface area contributed by atoms with E-state index in [2.05, 4.69) is 15.0 Å². The van der Waals surface area contributed by atoms with Crippen molar-refractivity contribution in [1.29, 1.82) is 0 Å². The van der Waals surface area contributed by atoms with Crippen LogP contribution >= 0.6 is 23.2 Å². The topological polar surface area (TPSA) is 127 Å². The summed E-state index contributed by atoms with van der Waals surface area (Å²) in [6.45, 7) is 0.964. The first-order chi connectivity index (χ1) is 15.7. The van der Waals surface area contributed by atoms with Gasteiger partial charge < -0.3 is 14.8 Å². The van der Waals surface area contributed by atoms with Crippen LogP contribution in [0.3, 0.4) is 0 Å². The maximum absolute atomic E-state index is 12.6. The summed E-state index contributed by atoms with van der Waals surface area (Å²) < 4.78 is 38.9. The quantitative estimate of drug-likeness (QED) is 0.512. The number of halogens is 2. The molecule has 178 valence electrons. The first kappa shape index (κ1) is 25.3. The van der Waals surface area contributed by atoms with Crippen LogP contribution in [0.15, 0.2) is 36.7 Å². The van der Waals surface area contributed by atoms with E-state index in [0.29, 0.717) is 11.3 Å². The van der Waals surface area contributed by atoms with Crippen LogP contribution in [0.1, 0.15) is 15.9 Å². The van der Waals surface area contributed by atoms with Gasteiger partial charge in [-0.05, 0) is 24.1 Å². The summed E-state index contributed by atoms with van der Waals surface area (Å²) in [5.74, 6) is -1.22. The molecule has 1 aliphatic heterocycles. The minimum absolute atomic E-state index is 0.0481. The molecule has 0 saturated carbocycles. The van der Waals surface area contributed by atoms with Gasteiger partial charge >= 0.3 is 5.97 Å². The van der Waals surface area contributed by atoms with Gasteiger partial charge in [0.2, 0.25) is 0 Å². The third kappa shape index (κ3) is 6.62. The number of anilines is 1. The Morgan fingerprint density at radius 2 is 1.76 bits per heavy atom. The minimum Gasteiger partial charge on any atom is -0.468 e. The molecule has 1 atom stereocenters. The van der Waals surface area contributed by atoms with Crippen LogP contribution in [0.25, 0.3) is 0 Å². The normalized spacial score (nSPS) is 15.6. The molecule has 33 heavy (non-hydrogen) atoms. The van der Waals surface area contributed by atoms with Crippen molar-refractivity contribution in [3.63, 3.8) is 0 Å². The molecule has 1 aromatic carbocycles. The smallest absolute Gasteiger partial charge is 0.324 e. The third-order valence-corrected chi connectivity index (χ3v) is 7.02. The van der Waals surface area contributed by atoms with Crippen molar-refractivity contribution in [3.05, 3.63) is 57.8 Å². The number of hydrogen-bond acceptors (Lipinski definition) is 7. The summed E-state index contributed by atoms with van der Waals surface area (Å²) in [6.07, 6.45) is 2.68. The van der Waals surface area contributed by atoms with Crippen molar-refractivity contribution in [2.75, 3.05) is 38.7 Å². The SMILES string of the molecule is COC(=O)[C@H](Cc1ccc(NC(=O)c2c(Cl)cncc2Cl)cc1)NS(=O)(=O)N1CCOCC1. The van der Waals surface area contributed by atoms with E-state index in [1.54, 1.807) is 24.3 Å². The van der Waals surface area contributed by atoms with Gasteiger partial charge in [0.15, 0.2) is 0 Å². The monoisotopic (exact) mass is 516 g/mol. The molecule has 1 saturated heterocycles. The number of aromatic nitrogens is 1. The van der Waals surface area contributed by atoms with Gasteiger partial charge in [0.25, 0.3) is 16.1 Å². The van der Waals surface area contributed by atoms with E-state index in [1.807, 2.05) is 0 Å². The molecule has 0 radical (unpaired) electrons. The van der Waals surface area contributed by atoms with Crippen molar-refractivity contribution in [2.45, 2.75) is 12.5 Å². The van der Waals surface area contributed by atoms with E-state index in [9.17, 15) is 18.0 Å². The number of esters is 1. The highest BCUT2D eigenvalue weighted by atomic mass is 35.5. The number of rotatable bonds is 8. The van der Waals surface area contributed by atoms with Crippen LogP contribution in [0.4, 0.5) is 5.69 Å². The molecule has 2 aromatic rings. The van der Waals surface area contributed by atoms with Gasteiger partial charge in [-0.15, -0.1) is 0 Å². The molecule has 1 aliphatic rings. The fourth-order valence-electron chi connectivity index (χ4n) is 3.14. The largest absolute Gasteiger partial charge is 0.468 e. The third-order valence-electron chi connectivity index (χ3n) is 4.82. The summed E-state index contributed by atoms with van der Waals surface area (Å²) in [4.78, 5) is 28.5. The molecular weight excluding hydrogens is 495 g/mol. The highest BCUT2D eigenvalue weighted by Crippen LogP contribution is 2.24. The zero-order chi connectivity index (χ0) is 24.0. The Balaban J connectivity index is 1.69. The lowest BCUT2D eigenvalue weighted by atomic mass is 10.1. The van der Waals surface area contributed by atoms with E-state index >= 15 is 0 Å². The first-order valence-electron chi connectivity index (χ1n) is 9.83. The van der Waals surface area contributed by atoms with Gasteiger partial charge in [-0.3, -0.25) is 14.6 Å². The van der Waals surface area contributed by atoms with E-state index in [1.165, 1.54) is 23.8 Å². The molecule has 1 fully saturated rings. The zero-order valence-corrected chi connectivity index (χ0v) is 19.9. The average molecular weight is 517 g/mol. The summed E-state index contributed by atoms with van der Waals surface area (Å²) in [7, 11) is -2.72. The molecule has 1 aromatic heterocycles. The van der Waals surface area contributed by atoms with Crippen molar-refractivity contribution >= 4 is 51.0 Å². The number of nitrogens with one attached hydrogen (secondary N) is 2. The summed E-state index contributed by atoms with van der Waals surface area (Å²) in [5.41, 5.74) is 1.20. The van der Waals surface area contributed by atoms with E-state index in [0.717, 1.165) is 0 Å². The van der Waals surface area contributed by atoms with Crippen LogP contribution in [0, 0.1) is 0 Å². The van der Waals surface area contributed by atoms with Crippen molar-refractivity contribution in [3.8, 4) is 0 Å². The molecule has 1 amide bonds. The highest BCUT2D eigenvalue weighted by molar-refractivity contribution is 7.87.